The molecule has 1 saturated heterocycles. The second-order valence-electron chi connectivity index (χ2n) is 2.97. The molecule has 0 unspecified atom stereocenters. The molecule has 0 bridgehead atoms. The number of nitrogens with two attached hydrogens (primary N) is 1. The van der Waals surface area contributed by atoms with Crippen molar-refractivity contribution in [1.29, 1.82) is 0 Å². The average molecular weight is 235 g/mol. The number of piperidine rings is 1. The quantitative estimate of drug-likeness (QED) is 0.311. The van der Waals surface area contributed by atoms with Gasteiger partial charge in [-0.25, -0.2) is 0 Å². The number of rotatable bonds is 1. The summed E-state index contributed by atoms with van der Waals surface area (Å²) in [7, 11) is 0. The molecule has 1 aliphatic heterocycles. The summed E-state index contributed by atoms with van der Waals surface area (Å²) in [6.07, 6.45) is -2.67. The van der Waals surface area contributed by atoms with Gasteiger partial charge in [-0.3, -0.25) is 0 Å². The van der Waals surface area contributed by atoms with E-state index in [1.54, 1.807) is 0 Å². The maximum atomic E-state index is 9.33. The number of aliphatic hydroxyl groups is 3. The Morgan fingerprint density at radius 2 is 1.69 bits per heavy atom. The second kappa shape index (κ2) is 6.78. The van der Waals surface area contributed by atoms with Crippen LogP contribution >= 0.6 is 0 Å². The van der Waals surface area contributed by atoms with Crippen LogP contribution in [0.15, 0.2) is 0 Å². The number of hydrogen-bond donors (Lipinski definition) is 5. The van der Waals surface area contributed by atoms with E-state index < -0.39 is 18.3 Å². The van der Waals surface area contributed by atoms with E-state index in [1.165, 1.54) is 0 Å². The van der Waals surface area contributed by atoms with Gasteiger partial charge in [0, 0.05) is 0 Å². The summed E-state index contributed by atoms with van der Waals surface area (Å²) in [6.45, 7) is 1.00. The predicted octanol–water partition coefficient (Wildman–Crippen LogP) is -10.7. The van der Waals surface area contributed by atoms with Gasteiger partial charge in [0.15, 0.2) is 6.04 Å². The maximum absolute atomic E-state index is 9.33. The van der Waals surface area contributed by atoms with Crippen molar-refractivity contribution in [3.8, 4) is 0 Å². The molecule has 1 fully saturated rings. The van der Waals surface area contributed by atoms with E-state index in [0.29, 0.717) is 13.1 Å². The van der Waals surface area contributed by atoms with E-state index in [-0.39, 0.29) is 30.9 Å². The van der Waals surface area contributed by atoms with E-state index >= 15 is 0 Å². The largest absolute Gasteiger partial charge is 1.00 e. The molecule has 13 heavy (non-hydrogen) atoms. The van der Waals surface area contributed by atoms with Crippen LogP contribution in [0.2, 0.25) is 0 Å². The van der Waals surface area contributed by atoms with Crippen molar-refractivity contribution < 1.29 is 51.2 Å². The van der Waals surface area contributed by atoms with E-state index in [9.17, 15) is 10.2 Å². The van der Waals surface area contributed by atoms with E-state index in [1.807, 2.05) is 5.32 Å². The molecule has 0 aromatic carbocycles. The van der Waals surface area contributed by atoms with Gasteiger partial charge in [-0.05, 0) is 0 Å². The highest BCUT2D eigenvalue weighted by Crippen LogP contribution is 2.04. The summed E-state index contributed by atoms with van der Waals surface area (Å²) in [5, 5.41) is 29.4. The van der Waals surface area contributed by atoms with Crippen LogP contribution < -0.4 is 35.9 Å². The van der Waals surface area contributed by atoms with Gasteiger partial charge in [0.25, 0.3) is 0 Å². The Morgan fingerprint density at radius 3 is 2.15 bits per heavy atom. The monoisotopic (exact) mass is 234 g/mol. The van der Waals surface area contributed by atoms with Crippen LogP contribution in [0.3, 0.4) is 0 Å². The van der Waals surface area contributed by atoms with Crippen molar-refractivity contribution in [3.05, 3.63) is 0 Å². The van der Waals surface area contributed by atoms with Crippen molar-refractivity contribution in [1.82, 2.24) is 0 Å². The SMILES string of the molecule is [Cl-].[Cl-].[NH3+]C[C@H]1[NH2+]C[C@@H](O)[C@H](O)[C@H]1O. The van der Waals surface area contributed by atoms with Gasteiger partial charge in [0.05, 0.1) is 0 Å². The number of quaternary nitrogens is 2. The minimum Gasteiger partial charge on any atom is -1.00 e. The topological polar surface area (TPSA) is 105 Å². The van der Waals surface area contributed by atoms with Crippen molar-refractivity contribution in [2.24, 2.45) is 0 Å². The molecule has 1 rings (SSSR count). The van der Waals surface area contributed by atoms with Gasteiger partial charge >= 0.3 is 0 Å². The number of hydrogen-bond acceptors (Lipinski definition) is 3. The summed E-state index contributed by atoms with van der Waals surface area (Å²) in [6, 6.07) is -0.0756. The Labute approximate surface area is 89.1 Å². The molecule has 0 spiro atoms. The van der Waals surface area contributed by atoms with Crippen molar-refractivity contribution in [2.75, 3.05) is 13.1 Å². The lowest BCUT2D eigenvalue weighted by Crippen LogP contribution is -3.01. The van der Waals surface area contributed by atoms with Crippen LogP contribution in [-0.2, 0) is 0 Å². The summed E-state index contributed by atoms with van der Waals surface area (Å²) >= 11 is 0. The van der Waals surface area contributed by atoms with Crippen LogP contribution in [0.5, 0.6) is 0 Å². The molecule has 0 aromatic heterocycles. The normalized spacial score (nSPS) is 38.8. The fraction of sp³-hybridized carbons (Fsp3) is 1.00. The fourth-order valence-electron chi connectivity index (χ4n) is 1.36. The summed E-state index contributed by atoms with van der Waals surface area (Å²) < 4.78 is 0. The predicted molar refractivity (Wildman–Crippen MR) is 36.4 cm³/mol. The lowest BCUT2D eigenvalue weighted by molar-refractivity contribution is -0.730. The van der Waals surface area contributed by atoms with Crippen LogP contribution in [0.4, 0.5) is 0 Å². The van der Waals surface area contributed by atoms with Crippen molar-refractivity contribution in [3.63, 3.8) is 0 Å². The molecule has 8 N–H and O–H groups in total. The molecule has 1 aliphatic rings. The van der Waals surface area contributed by atoms with Gasteiger partial charge in [-0.1, -0.05) is 0 Å². The second-order valence-corrected chi connectivity index (χ2v) is 2.97. The number of halogens is 2. The zero-order valence-corrected chi connectivity index (χ0v) is 8.62. The highest BCUT2D eigenvalue weighted by molar-refractivity contribution is 4.82. The Morgan fingerprint density at radius 1 is 1.15 bits per heavy atom. The van der Waals surface area contributed by atoms with Gasteiger partial charge in [-0.2, -0.15) is 0 Å². The van der Waals surface area contributed by atoms with E-state index in [4.69, 9.17) is 5.11 Å². The van der Waals surface area contributed by atoms with E-state index in [2.05, 4.69) is 5.73 Å². The van der Waals surface area contributed by atoms with Gasteiger partial charge < -0.3 is 51.2 Å². The standard InChI is InChI=1S/C6H14N2O3.2ClH/c7-1-3-5(10)6(11)4(9)2-8-3;;/h3-6,8-11H,1-2,7H2;2*1H/t3-,4-,5+,6+;;/m1../s1. The highest BCUT2D eigenvalue weighted by Gasteiger charge is 2.39. The smallest absolute Gasteiger partial charge is 0.164 e. The van der Waals surface area contributed by atoms with Crippen LogP contribution in [0.25, 0.3) is 0 Å². The molecule has 0 saturated carbocycles. The van der Waals surface area contributed by atoms with Crippen molar-refractivity contribution >= 4 is 0 Å². The van der Waals surface area contributed by atoms with E-state index in [0.717, 1.165) is 0 Å². The van der Waals surface area contributed by atoms with Gasteiger partial charge in [0.1, 0.15) is 31.4 Å². The maximum Gasteiger partial charge on any atom is 0.164 e. The highest BCUT2D eigenvalue weighted by atomic mass is 35.5. The molecule has 0 aromatic rings. The molecule has 0 radical (unpaired) electrons. The molecule has 1 heterocycles. The Balaban J connectivity index is 0. The van der Waals surface area contributed by atoms with Crippen LogP contribution in [0, 0.1) is 0 Å². The Kier molecular flexibility index (Phi) is 8.26. The summed E-state index contributed by atoms with van der Waals surface area (Å²) in [4.78, 5) is 0. The first kappa shape index (κ1) is 15.8. The Bertz CT molecular complexity index is 139. The molecule has 7 heteroatoms. The van der Waals surface area contributed by atoms with Gasteiger partial charge in [-0.15, -0.1) is 0 Å². The third kappa shape index (κ3) is 3.55. The minimum absolute atomic E-state index is 0. The molecule has 4 atom stereocenters. The first-order chi connectivity index (χ1) is 5.16. The molecular formula is C6H16Cl2N2O3. The minimum atomic E-state index is -1.01. The zero-order chi connectivity index (χ0) is 8.43. The zero-order valence-electron chi connectivity index (χ0n) is 7.11. The fourth-order valence-corrected chi connectivity index (χ4v) is 1.36. The molecule has 5 nitrogen and oxygen atoms in total. The Hall–Kier alpha value is 0.380. The lowest BCUT2D eigenvalue weighted by atomic mass is 9.96. The van der Waals surface area contributed by atoms with Crippen LogP contribution in [-0.4, -0.2) is 52.8 Å². The summed E-state index contributed by atoms with van der Waals surface area (Å²) in [5.41, 5.74) is 3.64. The first-order valence-corrected chi connectivity index (χ1v) is 3.83. The average Bonchev–Trinajstić information content (AvgIpc) is 2.01. The third-order valence-corrected chi connectivity index (χ3v) is 2.20. The molecule has 0 amide bonds. The first-order valence-electron chi connectivity index (χ1n) is 3.83. The lowest BCUT2D eigenvalue weighted by Gasteiger charge is -2.31. The van der Waals surface area contributed by atoms with Crippen LogP contribution in [0.1, 0.15) is 0 Å². The number of aliphatic hydroxyl groups excluding tert-OH is 3. The van der Waals surface area contributed by atoms with Crippen molar-refractivity contribution in [2.45, 2.75) is 24.4 Å². The molecule has 82 valence electrons. The molecule has 0 aliphatic carbocycles. The summed E-state index contributed by atoms with van der Waals surface area (Å²) in [5.74, 6) is 0. The third-order valence-electron chi connectivity index (χ3n) is 2.20. The van der Waals surface area contributed by atoms with Gasteiger partial charge in [0.2, 0.25) is 0 Å². The molecular weight excluding hydrogens is 219 g/mol.